The molecule has 3 heterocycles. The van der Waals surface area contributed by atoms with Crippen molar-refractivity contribution >= 4 is 27.8 Å². The summed E-state index contributed by atoms with van der Waals surface area (Å²) in [6.07, 6.45) is 7.52. The van der Waals surface area contributed by atoms with E-state index in [9.17, 15) is 4.79 Å². The van der Waals surface area contributed by atoms with Crippen LogP contribution in [0.5, 0.6) is 0 Å². The van der Waals surface area contributed by atoms with Crippen molar-refractivity contribution in [3.8, 4) is 23.9 Å². The van der Waals surface area contributed by atoms with Gasteiger partial charge in [0.05, 0.1) is 16.7 Å². The van der Waals surface area contributed by atoms with E-state index in [0.29, 0.717) is 12.1 Å². The number of rotatable bonds is 3. The van der Waals surface area contributed by atoms with E-state index in [0.717, 1.165) is 64.9 Å². The number of imidazole rings is 1. The topological polar surface area (TPSA) is 69.1 Å². The predicted octanol–water partition coefficient (Wildman–Crippen LogP) is 3.76. The molecule has 1 aliphatic heterocycles. The third-order valence-corrected chi connectivity index (χ3v) is 6.49. The van der Waals surface area contributed by atoms with Crippen LogP contribution in [-0.2, 0) is 13.6 Å². The monoisotopic (exact) mass is 425 g/mol. The Labute approximate surface area is 187 Å². The first-order valence-corrected chi connectivity index (χ1v) is 11.1. The number of nitrogens with two attached hydrogens (primary N) is 1. The number of carbonyl (C=O) groups excluding carboxylic acids is 1. The quantitative estimate of drug-likeness (QED) is 0.508. The van der Waals surface area contributed by atoms with Crippen LogP contribution in [0.25, 0.3) is 33.5 Å². The van der Waals surface area contributed by atoms with Crippen LogP contribution in [0.15, 0.2) is 42.5 Å². The van der Waals surface area contributed by atoms with Crippen molar-refractivity contribution in [3.05, 3.63) is 53.6 Å². The van der Waals surface area contributed by atoms with Crippen molar-refractivity contribution in [3.63, 3.8) is 0 Å². The molecule has 1 fully saturated rings. The molecule has 2 aromatic heterocycles. The van der Waals surface area contributed by atoms with Crippen molar-refractivity contribution in [1.82, 2.24) is 19.0 Å². The van der Waals surface area contributed by atoms with Gasteiger partial charge in [-0.2, -0.15) is 0 Å². The molecular formula is C26H27N5O. The van der Waals surface area contributed by atoms with Gasteiger partial charge in [0.2, 0.25) is 0 Å². The minimum atomic E-state index is 0.0266. The first-order chi connectivity index (χ1) is 15.5. The zero-order valence-electron chi connectivity index (χ0n) is 18.5. The van der Waals surface area contributed by atoms with Gasteiger partial charge in [-0.25, -0.2) is 4.98 Å². The molecule has 0 bridgehead atoms. The maximum atomic E-state index is 13.0. The van der Waals surface area contributed by atoms with Gasteiger partial charge in [0.25, 0.3) is 5.91 Å². The average molecular weight is 426 g/mol. The second kappa shape index (κ2) is 7.85. The number of nitrogens with zero attached hydrogens (tertiary/aromatic N) is 4. The fraction of sp³-hybridized carbons (Fsp3) is 0.308. The van der Waals surface area contributed by atoms with E-state index in [-0.39, 0.29) is 11.9 Å². The zero-order valence-corrected chi connectivity index (χ0v) is 18.5. The molecule has 162 valence electrons. The van der Waals surface area contributed by atoms with Gasteiger partial charge in [-0.05, 0) is 62.2 Å². The molecule has 0 aliphatic carbocycles. The molecule has 4 aromatic rings. The second-order valence-electron chi connectivity index (χ2n) is 8.54. The second-order valence-corrected chi connectivity index (χ2v) is 8.54. The largest absolute Gasteiger partial charge is 0.338 e. The Morgan fingerprint density at radius 3 is 2.78 bits per heavy atom. The first kappa shape index (κ1) is 20.3. The van der Waals surface area contributed by atoms with Gasteiger partial charge in [0.1, 0.15) is 0 Å². The van der Waals surface area contributed by atoms with E-state index in [1.165, 1.54) is 0 Å². The molecule has 2 N–H and O–H groups in total. The molecule has 5 rings (SSSR count). The highest BCUT2D eigenvalue weighted by Gasteiger charge is 2.23. The fourth-order valence-corrected chi connectivity index (χ4v) is 4.83. The maximum absolute atomic E-state index is 13.0. The summed E-state index contributed by atoms with van der Waals surface area (Å²) in [6, 6.07) is 14.1. The third-order valence-electron chi connectivity index (χ3n) is 6.49. The molecule has 2 aromatic carbocycles. The van der Waals surface area contributed by atoms with Gasteiger partial charge >= 0.3 is 0 Å². The Hall–Kier alpha value is -3.56. The number of likely N-dealkylation sites (tertiary alicyclic amines) is 1. The highest BCUT2D eigenvalue weighted by atomic mass is 16.2. The van der Waals surface area contributed by atoms with Crippen LogP contribution >= 0.6 is 0 Å². The lowest BCUT2D eigenvalue weighted by Crippen LogP contribution is -2.45. The van der Waals surface area contributed by atoms with Crippen molar-refractivity contribution in [2.45, 2.75) is 32.4 Å². The Bertz CT molecular complexity index is 1390. The van der Waals surface area contributed by atoms with Gasteiger partial charge in [-0.1, -0.05) is 5.92 Å². The van der Waals surface area contributed by atoms with Gasteiger partial charge in [0, 0.05) is 54.8 Å². The van der Waals surface area contributed by atoms with Crippen LogP contribution in [0.3, 0.4) is 0 Å². The van der Waals surface area contributed by atoms with Crippen molar-refractivity contribution in [1.29, 1.82) is 0 Å². The third kappa shape index (κ3) is 3.26. The number of aromatic nitrogens is 3. The van der Waals surface area contributed by atoms with E-state index in [1.54, 1.807) is 0 Å². The number of hydrogen-bond donors (Lipinski definition) is 1. The summed E-state index contributed by atoms with van der Waals surface area (Å²) in [4.78, 5) is 19.8. The Morgan fingerprint density at radius 1 is 1.22 bits per heavy atom. The molecule has 0 spiro atoms. The van der Waals surface area contributed by atoms with Crippen molar-refractivity contribution in [2.75, 3.05) is 13.1 Å². The normalized spacial score (nSPS) is 16.6. The molecule has 1 aliphatic rings. The number of piperidine rings is 1. The molecule has 1 saturated heterocycles. The summed E-state index contributed by atoms with van der Waals surface area (Å²) in [5.74, 6) is 3.60. The lowest BCUT2D eigenvalue weighted by atomic mass is 10.1. The molecule has 0 unspecified atom stereocenters. The Kier molecular flexibility index (Phi) is 4.99. The molecule has 32 heavy (non-hydrogen) atoms. The van der Waals surface area contributed by atoms with E-state index in [1.807, 2.05) is 42.3 Å². The van der Waals surface area contributed by atoms with E-state index >= 15 is 0 Å². The van der Waals surface area contributed by atoms with Gasteiger partial charge in [0.15, 0.2) is 5.82 Å². The first-order valence-electron chi connectivity index (χ1n) is 11.1. The van der Waals surface area contributed by atoms with Crippen LogP contribution in [0.2, 0.25) is 0 Å². The minimum Gasteiger partial charge on any atom is -0.338 e. The molecular weight excluding hydrogens is 398 g/mol. The number of carbonyl (C=O) groups is 1. The lowest BCUT2D eigenvalue weighted by Gasteiger charge is -2.30. The van der Waals surface area contributed by atoms with Crippen LogP contribution in [0.1, 0.15) is 35.7 Å². The number of terminal acetylenes is 1. The molecule has 1 amide bonds. The fourth-order valence-electron chi connectivity index (χ4n) is 4.83. The van der Waals surface area contributed by atoms with E-state index in [2.05, 4.69) is 34.1 Å². The summed E-state index contributed by atoms with van der Waals surface area (Å²) >= 11 is 0. The molecule has 1 atom stereocenters. The molecule has 0 saturated carbocycles. The number of amides is 1. The predicted molar refractivity (Wildman–Crippen MR) is 128 cm³/mol. The van der Waals surface area contributed by atoms with Gasteiger partial charge in [-0.15, -0.1) is 6.42 Å². The number of benzene rings is 2. The number of fused-ring (bicyclic) bond motifs is 2. The smallest absolute Gasteiger partial charge is 0.253 e. The molecule has 6 heteroatoms. The molecule has 6 nitrogen and oxygen atoms in total. The summed E-state index contributed by atoms with van der Waals surface area (Å²) < 4.78 is 4.33. The van der Waals surface area contributed by atoms with E-state index in [4.69, 9.17) is 17.1 Å². The lowest BCUT2D eigenvalue weighted by molar-refractivity contribution is 0.0709. The standard InChI is InChI=1S/C26H27N5O/c1-4-17-8-10-22-19(13-17)15-24(31(22)5-2)25-28-21-14-18(9-11-23(21)29(25)3)26(32)30-12-6-7-20(27)16-30/h1,8-11,13-15,20H,5-7,12,16,27H2,2-3H3/t20-/m1/s1. The van der Waals surface area contributed by atoms with Gasteiger partial charge in [-0.3, -0.25) is 4.79 Å². The zero-order chi connectivity index (χ0) is 22.4. The van der Waals surface area contributed by atoms with Crippen LogP contribution < -0.4 is 5.73 Å². The Balaban J connectivity index is 1.58. The van der Waals surface area contributed by atoms with Crippen LogP contribution in [0.4, 0.5) is 0 Å². The van der Waals surface area contributed by atoms with Crippen LogP contribution in [0, 0.1) is 12.3 Å². The number of aryl methyl sites for hydroxylation is 2. The van der Waals surface area contributed by atoms with E-state index < -0.39 is 0 Å². The van der Waals surface area contributed by atoms with Gasteiger partial charge < -0.3 is 19.8 Å². The number of hydrogen-bond acceptors (Lipinski definition) is 3. The summed E-state index contributed by atoms with van der Waals surface area (Å²) in [6.45, 7) is 4.31. The highest BCUT2D eigenvalue weighted by molar-refractivity contribution is 5.98. The SMILES string of the molecule is C#Cc1ccc2c(c1)cc(-c1nc3cc(C(=O)N4CCC[C@@H](N)C4)ccc3n1C)n2CC. The summed E-state index contributed by atoms with van der Waals surface area (Å²) in [5.41, 5.74) is 11.6. The van der Waals surface area contributed by atoms with Crippen molar-refractivity contribution < 1.29 is 4.79 Å². The summed E-state index contributed by atoms with van der Waals surface area (Å²) in [5, 5.41) is 1.10. The average Bonchev–Trinajstić information content (AvgIpc) is 3.34. The van der Waals surface area contributed by atoms with Crippen molar-refractivity contribution in [2.24, 2.45) is 12.8 Å². The minimum absolute atomic E-state index is 0.0266. The highest BCUT2D eigenvalue weighted by Crippen LogP contribution is 2.31. The molecule has 0 radical (unpaired) electrons. The maximum Gasteiger partial charge on any atom is 0.253 e. The summed E-state index contributed by atoms with van der Waals surface area (Å²) in [7, 11) is 2.01. The Morgan fingerprint density at radius 2 is 2.03 bits per heavy atom. The van der Waals surface area contributed by atoms with Crippen LogP contribution in [-0.4, -0.2) is 44.1 Å².